The molecule has 47 heavy (non-hydrogen) atoms. The molecule has 3 fully saturated rings. The SMILES string of the molecule is C[C@@]1(c2ccc(Cl)cn2)Oc2cccc(N3CCN(Cc4nc5c(F)cc(C(=O)O)cc5n4CC4(CC#N)CC4)[C@@H]4COC[C@@H]43)c2O1. The van der Waals surface area contributed by atoms with E-state index < -0.39 is 17.6 Å². The highest BCUT2D eigenvalue weighted by atomic mass is 35.5. The summed E-state index contributed by atoms with van der Waals surface area (Å²) >= 11 is 6.07. The van der Waals surface area contributed by atoms with Crippen molar-refractivity contribution in [3.05, 3.63) is 76.6 Å². The number of nitriles is 1. The fourth-order valence-electron chi connectivity index (χ4n) is 7.23. The van der Waals surface area contributed by atoms with Gasteiger partial charge in [0.25, 0.3) is 5.79 Å². The first-order chi connectivity index (χ1) is 22.7. The van der Waals surface area contributed by atoms with Crippen molar-refractivity contribution in [3.8, 4) is 17.6 Å². The lowest BCUT2D eigenvalue weighted by atomic mass is 10.0. The maximum absolute atomic E-state index is 15.3. The smallest absolute Gasteiger partial charge is 0.335 e. The van der Waals surface area contributed by atoms with Crippen molar-refractivity contribution >= 4 is 34.3 Å². The van der Waals surface area contributed by atoms with Gasteiger partial charge >= 0.3 is 5.97 Å². The monoisotopic (exact) mass is 658 g/mol. The number of carbonyl (C=O) groups is 1. The Labute approximate surface area is 275 Å². The molecule has 0 radical (unpaired) electrons. The van der Waals surface area contributed by atoms with Crippen molar-refractivity contribution in [2.24, 2.45) is 5.41 Å². The Hall–Kier alpha value is -4.44. The third-order valence-corrected chi connectivity index (χ3v) is 10.2. The summed E-state index contributed by atoms with van der Waals surface area (Å²) in [5.41, 5.74) is 1.75. The summed E-state index contributed by atoms with van der Waals surface area (Å²) in [6.07, 6.45) is 3.72. The topological polar surface area (TPSA) is 126 Å². The summed E-state index contributed by atoms with van der Waals surface area (Å²) in [5.74, 6) is -1.07. The summed E-state index contributed by atoms with van der Waals surface area (Å²) in [7, 11) is 0. The highest BCUT2D eigenvalue weighted by molar-refractivity contribution is 6.30. The molecule has 8 rings (SSSR count). The second kappa shape index (κ2) is 11.1. The fourth-order valence-corrected chi connectivity index (χ4v) is 7.34. The van der Waals surface area contributed by atoms with Crippen molar-refractivity contribution in [2.45, 2.75) is 57.1 Å². The predicted molar refractivity (Wildman–Crippen MR) is 169 cm³/mol. The summed E-state index contributed by atoms with van der Waals surface area (Å²) in [6.45, 7) is 5.09. The number of benzene rings is 2. The van der Waals surface area contributed by atoms with Gasteiger partial charge in [0.05, 0.1) is 59.7 Å². The van der Waals surface area contributed by atoms with Crippen LogP contribution in [0.2, 0.25) is 5.02 Å². The van der Waals surface area contributed by atoms with Gasteiger partial charge in [-0.25, -0.2) is 14.2 Å². The van der Waals surface area contributed by atoms with Crippen LogP contribution in [-0.4, -0.2) is 68.9 Å². The minimum absolute atomic E-state index is 0.000837. The Morgan fingerprint density at radius 1 is 1.17 bits per heavy atom. The predicted octanol–water partition coefficient (Wildman–Crippen LogP) is 5.35. The maximum atomic E-state index is 15.3. The number of hydrogen-bond donors (Lipinski definition) is 1. The first-order valence-electron chi connectivity index (χ1n) is 15.7. The fraction of sp³-hybridized carbons (Fsp3) is 0.412. The molecule has 0 spiro atoms. The molecule has 5 heterocycles. The van der Waals surface area contributed by atoms with Gasteiger partial charge in [0.1, 0.15) is 17.0 Å². The van der Waals surface area contributed by atoms with E-state index in [1.54, 1.807) is 18.3 Å². The van der Waals surface area contributed by atoms with Crippen molar-refractivity contribution in [3.63, 3.8) is 0 Å². The van der Waals surface area contributed by atoms with Gasteiger partial charge in [-0.1, -0.05) is 17.7 Å². The number of fused-ring (bicyclic) bond motifs is 3. The quantitative estimate of drug-likeness (QED) is 0.265. The highest BCUT2D eigenvalue weighted by Gasteiger charge is 2.47. The molecule has 4 aromatic rings. The number of para-hydroxylation sites is 1. The molecule has 11 nitrogen and oxygen atoms in total. The van der Waals surface area contributed by atoms with Crippen LogP contribution in [0.3, 0.4) is 0 Å². The van der Waals surface area contributed by atoms with Crippen LogP contribution < -0.4 is 14.4 Å². The number of piperazine rings is 1. The molecule has 3 aliphatic heterocycles. The van der Waals surface area contributed by atoms with Crippen LogP contribution in [0.25, 0.3) is 11.0 Å². The number of aromatic carboxylic acids is 1. The number of ether oxygens (including phenoxy) is 3. The molecule has 1 aliphatic carbocycles. The Bertz CT molecular complexity index is 1940. The van der Waals surface area contributed by atoms with E-state index in [0.717, 1.165) is 24.6 Å². The third kappa shape index (κ3) is 5.13. The number of rotatable bonds is 8. The standard InChI is InChI=1S/C34H32ClFN6O5/c1-33(28-6-5-21(35)15-38-28)46-27-4-2-3-23(31(27)47-33)41-12-11-40(25-17-45-18-26(25)41)16-29-39-30-22(36)13-20(32(43)44)14-24(30)42(29)19-34(7-8-34)9-10-37/h2-6,13-15,25-26H,7-9,11-12,16-19H2,1H3,(H,43,44)/t25-,26+,33-/m1/s1. The molecule has 0 amide bonds. The van der Waals surface area contributed by atoms with Crippen molar-refractivity contribution in [1.82, 2.24) is 19.4 Å². The van der Waals surface area contributed by atoms with Crippen LogP contribution in [0.1, 0.15) is 48.1 Å². The molecule has 2 aromatic carbocycles. The zero-order chi connectivity index (χ0) is 32.5. The number of anilines is 1. The van der Waals surface area contributed by atoms with E-state index >= 15 is 4.39 Å². The van der Waals surface area contributed by atoms with Gasteiger partial charge in [0, 0.05) is 44.6 Å². The van der Waals surface area contributed by atoms with E-state index in [-0.39, 0.29) is 28.6 Å². The number of aromatic nitrogens is 3. The van der Waals surface area contributed by atoms with Gasteiger partial charge < -0.3 is 28.8 Å². The molecular weight excluding hydrogens is 627 g/mol. The lowest BCUT2D eigenvalue weighted by Crippen LogP contribution is -2.59. The number of imidazole rings is 1. The summed E-state index contributed by atoms with van der Waals surface area (Å²) in [5, 5.41) is 19.7. The zero-order valence-corrected chi connectivity index (χ0v) is 26.4. The molecule has 2 saturated heterocycles. The second-order valence-electron chi connectivity index (χ2n) is 13.0. The summed E-state index contributed by atoms with van der Waals surface area (Å²) < 4.78 is 36.1. The number of nitrogens with zero attached hydrogens (tertiary/aromatic N) is 6. The number of carboxylic acids is 1. The zero-order valence-electron chi connectivity index (χ0n) is 25.7. The minimum atomic E-state index is -1.20. The molecule has 2 aromatic heterocycles. The van der Waals surface area contributed by atoms with Crippen molar-refractivity contribution < 1.29 is 28.5 Å². The average Bonchev–Trinajstić information content (AvgIpc) is 3.34. The first kappa shape index (κ1) is 29.9. The number of halogens is 2. The molecule has 0 unspecified atom stereocenters. The van der Waals surface area contributed by atoms with E-state index in [9.17, 15) is 15.2 Å². The van der Waals surface area contributed by atoms with Crippen LogP contribution in [0.4, 0.5) is 10.1 Å². The maximum Gasteiger partial charge on any atom is 0.335 e. The minimum Gasteiger partial charge on any atom is -0.478 e. The van der Waals surface area contributed by atoms with Crippen LogP contribution in [-0.2, 0) is 23.6 Å². The Morgan fingerprint density at radius 3 is 2.74 bits per heavy atom. The highest BCUT2D eigenvalue weighted by Crippen LogP contribution is 2.52. The summed E-state index contributed by atoms with van der Waals surface area (Å²) in [6, 6.07) is 14.2. The average molecular weight is 659 g/mol. The number of carboxylic acid groups (broad SMARTS) is 1. The summed E-state index contributed by atoms with van der Waals surface area (Å²) in [4.78, 5) is 25.6. The molecule has 1 N–H and O–H groups in total. The van der Waals surface area contributed by atoms with Crippen molar-refractivity contribution in [2.75, 3.05) is 31.2 Å². The van der Waals surface area contributed by atoms with Gasteiger partial charge in [0.15, 0.2) is 17.3 Å². The molecule has 0 bridgehead atoms. The number of hydrogen-bond acceptors (Lipinski definition) is 9. The Balaban J connectivity index is 1.09. The largest absolute Gasteiger partial charge is 0.478 e. The molecule has 4 aliphatic rings. The third-order valence-electron chi connectivity index (χ3n) is 9.96. The van der Waals surface area contributed by atoms with Crippen LogP contribution in [0.5, 0.6) is 11.5 Å². The van der Waals surface area contributed by atoms with Crippen LogP contribution in [0, 0.1) is 22.6 Å². The van der Waals surface area contributed by atoms with Crippen molar-refractivity contribution in [1.29, 1.82) is 5.26 Å². The van der Waals surface area contributed by atoms with Crippen LogP contribution in [0.15, 0.2) is 48.7 Å². The first-order valence-corrected chi connectivity index (χ1v) is 16.1. The van der Waals surface area contributed by atoms with E-state index in [1.807, 2.05) is 29.7 Å². The number of pyridine rings is 1. The van der Waals surface area contributed by atoms with Gasteiger partial charge in [-0.2, -0.15) is 5.26 Å². The molecule has 242 valence electrons. The normalized spacial score (nSPS) is 24.3. The van der Waals surface area contributed by atoms with E-state index in [2.05, 4.69) is 20.9 Å². The molecule has 3 atom stereocenters. The van der Waals surface area contributed by atoms with E-state index in [0.29, 0.717) is 79.4 Å². The van der Waals surface area contributed by atoms with Crippen LogP contribution >= 0.6 is 11.6 Å². The lowest BCUT2D eigenvalue weighted by Gasteiger charge is -2.44. The second-order valence-corrected chi connectivity index (χ2v) is 13.5. The van der Waals surface area contributed by atoms with Gasteiger partial charge in [-0.3, -0.25) is 9.88 Å². The van der Waals surface area contributed by atoms with Gasteiger partial charge in [-0.15, -0.1) is 0 Å². The van der Waals surface area contributed by atoms with E-state index in [1.165, 1.54) is 6.07 Å². The van der Waals surface area contributed by atoms with Gasteiger partial charge in [-0.05, 0) is 49.2 Å². The molecule has 1 saturated carbocycles. The van der Waals surface area contributed by atoms with E-state index in [4.69, 9.17) is 30.8 Å². The molecular formula is C34H32ClFN6O5. The lowest BCUT2D eigenvalue weighted by molar-refractivity contribution is -0.0716. The Morgan fingerprint density at radius 2 is 2.00 bits per heavy atom. The Kier molecular flexibility index (Phi) is 7.05. The van der Waals surface area contributed by atoms with Gasteiger partial charge in [0.2, 0.25) is 0 Å². The molecule has 13 heteroatoms.